The maximum absolute atomic E-state index is 4.43. The van der Waals surface area contributed by atoms with Gasteiger partial charge in [0.05, 0.1) is 36.9 Å². The third-order valence-corrected chi connectivity index (χ3v) is 5.36. The van der Waals surface area contributed by atoms with Gasteiger partial charge in [-0.15, -0.1) is 10.8 Å². The van der Waals surface area contributed by atoms with Gasteiger partial charge in [-0.3, -0.25) is 4.99 Å². The van der Waals surface area contributed by atoms with Crippen LogP contribution in [0.5, 0.6) is 0 Å². The van der Waals surface area contributed by atoms with Crippen molar-refractivity contribution in [2.45, 2.75) is 19.5 Å². The summed E-state index contributed by atoms with van der Waals surface area (Å²) in [6.45, 7) is 12.3. The first kappa shape index (κ1) is 24.1. The van der Waals surface area contributed by atoms with E-state index in [9.17, 15) is 0 Å². The molecule has 162 valence electrons. The van der Waals surface area contributed by atoms with Crippen LogP contribution in [0.2, 0.25) is 0 Å². The average Bonchev–Trinajstić information content (AvgIpc) is 3.40. The van der Waals surface area contributed by atoms with E-state index in [1.807, 2.05) is 53.3 Å². The van der Waals surface area contributed by atoms with Crippen molar-refractivity contribution in [1.82, 2.24) is 29.9 Å². The summed E-state index contributed by atoms with van der Waals surface area (Å²) >= 11 is 0. The van der Waals surface area contributed by atoms with E-state index < -0.39 is 0 Å². The van der Waals surface area contributed by atoms with E-state index in [1.165, 1.54) is 5.57 Å². The second-order valence-electron chi connectivity index (χ2n) is 7.33. The molecule has 8 nitrogen and oxygen atoms in total. The van der Waals surface area contributed by atoms with Crippen LogP contribution in [-0.4, -0.2) is 55.3 Å². The fourth-order valence-electron chi connectivity index (χ4n) is 3.71. The van der Waals surface area contributed by atoms with Gasteiger partial charge in [-0.1, -0.05) is 24.4 Å². The Balaban J connectivity index is 0.00000144. The predicted octanol–water partition coefficient (Wildman–Crippen LogP) is 3.01. The molecule has 5 rings (SSSR count). The van der Waals surface area contributed by atoms with Gasteiger partial charge in [0.15, 0.2) is 5.82 Å². The molecule has 0 saturated carbocycles. The number of fused-ring (bicyclic) bond motifs is 2. The average molecular weight is 653 g/mol. The molecule has 0 bridgehead atoms. The van der Waals surface area contributed by atoms with Crippen LogP contribution in [-0.2, 0) is 6.54 Å². The number of hydrogen-bond acceptors (Lipinski definition) is 7. The quantitative estimate of drug-likeness (QED) is 0.300. The van der Waals surface area contributed by atoms with Gasteiger partial charge in [0.2, 0.25) is 0 Å². The molecule has 1 aromatic rings. The Morgan fingerprint density at radius 2 is 2.19 bits per heavy atom. The molecule has 5 heterocycles. The Labute approximate surface area is 213 Å². The molecular weight excluding hydrogens is 626 g/mol. The van der Waals surface area contributed by atoms with Gasteiger partial charge in [0.1, 0.15) is 5.69 Å². The summed E-state index contributed by atoms with van der Waals surface area (Å²) in [5.41, 5.74) is 7.95. The predicted molar refractivity (Wildman–Crippen MR) is 123 cm³/mol. The van der Waals surface area contributed by atoms with Crippen molar-refractivity contribution in [3.8, 4) is 0 Å². The normalized spacial score (nSPS) is 22.1. The SMILES string of the molecule is C=C1C=CC(Cn2nnc3c2NC(C2=CN(C[CH2-])N4CC24)=CN=C3)=CN1C=C=CC.[CH3-].[U+2]. The summed E-state index contributed by atoms with van der Waals surface area (Å²) in [5.74, 6) is 0.831. The summed E-state index contributed by atoms with van der Waals surface area (Å²) in [5, 5.41) is 16.6. The molecule has 2 unspecified atom stereocenters. The van der Waals surface area contributed by atoms with Crippen LogP contribution in [0, 0.1) is 45.5 Å². The smallest absolute Gasteiger partial charge is 0.358 e. The van der Waals surface area contributed by atoms with Crippen molar-refractivity contribution in [2.24, 2.45) is 4.99 Å². The molecule has 1 fully saturated rings. The number of allylic oxidation sites excluding steroid dienone is 4. The van der Waals surface area contributed by atoms with Gasteiger partial charge in [0.25, 0.3) is 0 Å². The monoisotopic (exact) mass is 652 g/mol. The van der Waals surface area contributed by atoms with Crippen LogP contribution in [0.25, 0.3) is 0 Å². The van der Waals surface area contributed by atoms with E-state index in [0.29, 0.717) is 19.1 Å². The maximum atomic E-state index is 4.43. The molecule has 0 radical (unpaired) electrons. The molecule has 9 heteroatoms. The van der Waals surface area contributed by atoms with E-state index in [0.717, 1.165) is 35.0 Å². The van der Waals surface area contributed by atoms with E-state index >= 15 is 0 Å². The topological polar surface area (TPSA) is 64.6 Å². The number of aliphatic imine (C=N–C) groups is 1. The molecule has 2 atom stereocenters. The molecule has 1 aromatic heterocycles. The fourth-order valence-corrected chi connectivity index (χ4v) is 3.71. The second-order valence-corrected chi connectivity index (χ2v) is 7.33. The maximum Gasteiger partial charge on any atom is 2.00 e. The minimum absolute atomic E-state index is 0. The number of nitrogens with zero attached hydrogens (tertiary/aromatic N) is 7. The van der Waals surface area contributed by atoms with Crippen LogP contribution < -0.4 is 5.32 Å². The van der Waals surface area contributed by atoms with Gasteiger partial charge in [-0.2, -0.15) is 0 Å². The van der Waals surface area contributed by atoms with Gasteiger partial charge < -0.3 is 29.6 Å². The van der Waals surface area contributed by atoms with Crippen molar-refractivity contribution in [3.05, 3.63) is 97.9 Å². The van der Waals surface area contributed by atoms with E-state index in [4.69, 9.17) is 0 Å². The van der Waals surface area contributed by atoms with Gasteiger partial charge >= 0.3 is 31.1 Å². The Bertz CT molecular complexity index is 1110. The van der Waals surface area contributed by atoms with Crippen LogP contribution in [0.15, 0.2) is 82.9 Å². The first-order valence-corrected chi connectivity index (χ1v) is 9.89. The summed E-state index contributed by atoms with van der Waals surface area (Å²) < 4.78 is 1.86. The molecule has 1 saturated heterocycles. The first-order valence-electron chi connectivity index (χ1n) is 9.89. The summed E-state index contributed by atoms with van der Waals surface area (Å²) in [6.07, 6.45) is 15.5. The Morgan fingerprint density at radius 3 is 2.94 bits per heavy atom. The van der Waals surface area contributed by atoms with Crippen molar-refractivity contribution in [2.75, 3.05) is 18.4 Å². The van der Waals surface area contributed by atoms with Gasteiger partial charge in [-0.25, -0.2) is 9.69 Å². The number of aromatic nitrogens is 3. The fraction of sp³-hybridized carbons (Fsp3) is 0.217. The molecular formula is C23H26N8U. The Hall–Kier alpha value is -2.56. The Morgan fingerprint density at radius 1 is 1.34 bits per heavy atom. The van der Waals surface area contributed by atoms with Crippen molar-refractivity contribution in [1.29, 1.82) is 0 Å². The zero-order valence-corrected chi connectivity index (χ0v) is 22.5. The third-order valence-electron chi connectivity index (χ3n) is 5.36. The van der Waals surface area contributed by atoms with E-state index in [1.54, 1.807) is 6.21 Å². The zero-order valence-electron chi connectivity index (χ0n) is 18.4. The zero-order chi connectivity index (χ0) is 20.7. The summed E-state index contributed by atoms with van der Waals surface area (Å²) in [7, 11) is 0. The molecule has 4 aliphatic rings. The van der Waals surface area contributed by atoms with E-state index in [-0.39, 0.29) is 38.5 Å². The molecule has 32 heavy (non-hydrogen) atoms. The molecule has 0 aromatic carbocycles. The van der Waals surface area contributed by atoms with Crippen molar-refractivity contribution >= 4 is 12.0 Å². The van der Waals surface area contributed by atoms with Crippen LogP contribution in [0.4, 0.5) is 5.82 Å². The number of hydrazine groups is 1. The minimum Gasteiger partial charge on any atom is -0.358 e. The standard InChI is InChI=1S/C22H23N8.CH3.U/c1-4-6-9-27-12-17(8-7-16(27)3)13-29-22-20(25-26-29)11-23-10-19(24-22)18-14-28(5-2)30-15-21(18)30;;/h4,7-12,14,21,24H,2-3,5,13,15H2,1H3;1H3;/q2*-1;+2. The molecule has 1 N–H and O–H groups in total. The van der Waals surface area contributed by atoms with Crippen LogP contribution in [0.1, 0.15) is 12.6 Å². The molecule has 0 amide bonds. The number of nitrogens with one attached hydrogen (secondary N) is 1. The Kier molecular flexibility index (Phi) is 7.48. The third kappa shape index (κ3) is 4.48. The van der Waals surface area contributed by atoms with Crippen LogP contribution >= 0.6 is 0 Å². The largest absolute Gasteiger partial charge is 2.00 e. The van der Waals surface area contributed by atoms with Crippen LogP contribution in [0.3, 0.4) is 0 Å². The number of hydrogen-bond donors (Lipinski definition) is 1. The molecule has 0 spiro atoms. The number of anilines is 1. The van der Waals surface area contributed by atoms with Gasteiger partial charge in [-0.05, 0) is 24.6 Å². The number of rotatable bonds is 5. The summed E-state index contributed by atoms with van der Waals surface area (Å²) in [4.78, 5) is 6.38. The summed E-state index contributed by atoms with van der Waals surface area (Å²) in [6, 6.07) is 0.397. The van der Waals surface area contributed by atoms with Crippen molar-refractivity contribution < 1.29 is 31.1 Å². The molecule has 0 aliphatic carbocycles. The second kappa shape index (κ2) is 9.93. The molecule has 4 aliphatic heterocycles. The van der Waals surface area contributed by atoms with Crippen molar-refractivity contribution in [3.63, 3.8) is 0 Å². The van der Waals surface area contributed by atoms with Gasteiger partial charge in [0, 0.05) is 30.2 Å². The first-order chi connectivity index (χ1) is 14.7. The minimum atomic E-state index is 0. The van der Waals surface area contributed by atoms with E-state index in [2.05, 4.69) is 56.1 Å².